The lowest BCUT2D eigenvalue weighted by molar-refractivity contribution is -0.135. The molecular weight excluding hydrogens is 457 g/mol. The zero-order valence-corrected chi connectivity index (χ0v) is 18.9. The molecule has 0 saturated carbocycles. The first-order chi connectivity index (χ1) is 15.7. The fourth-order valence-corrected chi connectivity index (χ4v) is 4.35. The van der Waals surface area contributed by atoms with E-state index in [2.05, 4.69) is 9.84 Å². The van der Waals surface area contributed by atoms with Crippen LogP contribution in [-0.2, 0) is 20.7 Å². The van der Waals surface area contributed by atoms with Gasteiger partial charge in [-0.2, -0.15) is 13.9 Å². The van der Waals surface area contributed by atoms with Gasteiger partial charge in [0.15, 0.2) is 0 Å². The molecular formula is C23H21F3N2O4S. The van der Waals surface area contributed by atoms with Crippen LogP contribution in [0.15, 0.2) is 47.6 Å². The lowest BCUT2D eigenvalue weighted by atomic mass is 10.0. The summed E-state index contributed by atoms with van der Waals surface area (Å²) in [6.07, 6.45) is -0.121. The highest BCUT2D eigenvalue weighted by Gasteiger charge is 2.20. The number of hydrazone groups is 1. The molecule has 1 aromatic heterocycles. The molecule has 3 rings (SSSR count). The Morgan fingerprint density at radius 3 is 2.48 bits per heavy atom. The van der Waals surface area contributed by atoms with Crippen molar-refractivity contribution in [2.24, 2.45) is 5.10 Å². The van der Waals surface area contributed by atoms with Crippen molar-refractivity contribution < 1.29 is 32.2 Å². The molecule has 0 radical (unpaired) electrons. The Balaban J connectivity index is 1.96. The molecule has 33 heavy (non-hydrogen) atoms. The van der Waals surface area contributed by atoms with E-state index in [0.29, 0.717) is 21.4 Å². The van der Waals surface area contributed by atoms with Crippen LogP contribution >= 0.6 is 11.3 Å². The van der Waals surface area contributed by atoms with Gasteiger partial charge in [-0.05, 0) is 72.8 Å². The van der Waals surface area contributed by atoms with Crippen molar-refractivity contribution in [3.63, 3.8) is 0 Å². The number of nitrogens with zero attached hydrogens (tertiary/aromatic N) is 2. The average molecular weight is 478 g/mol. The number of thiophene rings is 1. The number of alkyl halides is 2. The van der Waals surface area contributed by atoms with Crippen LogP contribution in [0.2, 0.25) is 0 Å². The van der Waals surface area contributed by atoms with E-state index in [4.69, 9.17) is 4.74 Å². The molecule has 0 saturated heterocycles. The number of halogens is 3. The van der Waals surface area contributed by atoms with Gasteiger partial charge in [-0.3, -0.25) is 4.79 Å². The molecule has 10 heteroatoms. The van der Waals surface area contributed by atoms with Gasteiger partial charge in [0, 0.05) is 16.6 Å². The van der Waals surface area contributed by atoms with E-state index in [9.17, 15) is 22.8 Å². The van der Waals surface area contributed by atoms with Gasteiger partial charge in [0.2, 0.25) is 5.91 Å². The zero-order valence-electron chi connectivity index (χ0n) is 18.1. The smallest absolute Gasteiger partial charge is 0.387 e. The second-order valence-corrected chi connectivity index (χ2v) is 8.01. The van der Waals surface area contributed by atoms with Crippen LogP contribution < -0.4 is 4.74 Å². The van der Waals surface area contributed by atoms with E-state index >= 15 is 0 Å². The van der Waals surface area contributed by atoms with Crippen molar-refractivity contribution in [3.05, 3.63) is 53.8 Å². The van der Waals surface area contributed by atoms with E-state index in [-0.39, 0.29) is 24.5 Å². The molecule has 2 aromatic carbocycles. The molecule has 0 fully saturated rings. The number of hydrogen-bond donors (Lipinski definition) is 0. The Bertz CT molecular complexity index is 1190. The fraction of sp³-hybridized carbons (Fsp3) is 0.261. The highest BCUT2D eigenvalue weighted by atomic mass is 32.1. The predicted molar refractivity (Wildman–Crippen MR) is 120 cm³/mol. The molecule has 0 aliphatic rings. The molecule has 0 aliphatic carbocycles. The van der Waals surface area contributed by atoms with Crippen LogP contribution in [0.25, 0.3) is 20.5 Å². The number of esters is 1. The Labute approximate surface area is 192 Å². The van der Waals surface area contributed by atoms with Crippen LogP contribution in [0.1, 0.15) is 19.4 Å². The maximum atomic E-state index is 14.0. The van der Waals surface area contributed by atoms with E-state index in [1.807, 2.05) is 0 Å². The number of benzene rings is 2. The zero-order chi connectivity index (χ0) is 24.1. The molecule has 3 aromatic rings. The second kappa shape index (κ2) is 10.5. The highest BCUT2D eigenvalue weighted by Crippen LogP contribution is 2.40. The Morgan fingerprint density at radius 1 is 1.15 bits per heavy atom. The van der Waals surface area contributed by atoms with Crippen molar-refractivity contribution in [1.82, 2.24) is 5.01 Å². The molecule has 0 atom stereocenters. The van der Waals surface area contributed by atoms with Crippen LogP contribution in [0.3, 0.4) is 0 Å². The van der Waals surface area contributed by atoms with Crippen molar-refractivity contribution in [2.75, 3.05) is 13.7 Å². The second-order valence-electron chi connectivity index (χ2n) is 6.95. The number of amides is 1. The van der Waals surface area contributed by atoms with Crippen LogP contribution in [0.4, 0.5) is 13.2 Å². The van der Waals surface area contributed by atoms with E-state index in [0.717, 1.165) is 9.71 Å². The summed E-state index contributed by atoms with van der Waals surface area (Å²) in [5.74, 6) is -1.51. The first-order valence-corrected chi connectivity index (χ1v) is 10.8. The summed E-state index contributed by atoms with van der Waals surface area (Å²) in [7, 11) is 1.41. The summed E-state index contributed by atoms with van der Waals surface area (Å²) in [6.45, 7) is 0.339. The number of ether oxygens (including phenoxy) is 2. The Kier molecular flexibility index (Phi) is 7.70. The first kappa shape index (κ1) is 24.2. The third-order valence-electron chi connectivity index (χ3n) is 4.65. The minimum atomic E-state index is -2.94. The van der Waals surface area contributed by atoms with Gasteiger partial charge in [0.25, 0.3) is 0 Å². The molecule has 1 amide bonds. The summed E-state index contributed by atoms with van der Waals surface area (Å²) >= 11 is 1.35. The normalized spacial score (nSPS) is 11.7. The summed E-state index contributed by atoms with van der Waals surface area (Å²) in [5, 5.41) is 5.59. The minimum Gasteiger partial charge on any atom is -0.461 e. The number of carbonyl (C=O) groups is 2. The molecule has 174 valence electrons. The summed E-state index contributed by atoms with van der Waals surface area (Å²) in [6, 6.07) is 10.3. The number of rotatable bonds is 8. The Hall–Kier alpha value is -3.40. The van der Waals surface area contributed by atoms with Gasteiger partial charge < -0.3 is 9.47 Å². The largest absolute Gasteiger partial charge is 0.461 e. The van der Waals surface area contributed by atoms with Gasteiger partial charge in [-0.1, -0.05) is 0 Å². The topological polar surface area (TPSA) is 68.2 Å². The third kappa shape index (κ3) is 5.89. The van der Waals surface area contributed by atoms with Gasteiger partial charge in [0.05, 0.1) is 13.0 Å². The van der Waals surface area contributed by atoms with Crippen LogP contribution in [-0.4, -0.2) is 42.9 Å². The number of hydrogen-bond acceptors (Lipinski definition) is 6. The van der Waals surface area contributed by atoms with Gasteiger partial charge in [-0.25, -0.2) is 14.2 Å². The highest BCUT2D eigenvalue weighted by molar-refractivity contribution is 7.22. The van der Waals surface area contributed by atoms with Crippen molar-refractivity contribution in [1.29, 1.82) is 0 Å². The van der Waals surface area contributed by atoms with E-state index in [1.165, 1.54) is 49.6 Å². The summed E-state index contributed by atoms with van der Waals surface area (Å²) < 4.78 is 48.9. The maximum Gasteiger partial charge on any atom is 0.387 e. The molecule has 0 unspecified atom stereocenters. The number of likely N-dealkylation sites (N-methyl/N-ethyl adjacent to an activating group) is 1. The molecule has 0 bridgehead atoms. The predicted octanol–water partition coefficient (Wildman–Crippen LogP) is 5.25. The van der Waals surface area contributed by atoms with Gasteiger partial charge in [0.1, 0.15) is 17.3 Å². The van der Waals surface area contributed by atoms with Gasteiger partial charge >= 0.3 is 12.6 Å². The molecule has 6 nitrogen and oxygen atoms in total. The molecule has 0 aliphatic heterocycles. The first-order valence-electron chi connectivity index (χ1n) is 9.94. The molecule has 0 N–H and O–H groups in total. The minimum absolute atomic E-state index is 0.00189. The lowest BCUT2D eigenvalue weighted by Crippen LogP contribution is -2.26. The van der Waals surface area contributed by atoms with E-state index in [1.54, 1.807) is 25.1 Å². The monoisotopic (exact) mass is 478 g/mol. The van der Waals surface area contributed by atoms with Crippen molar-refractivity contribution >= 4 is 39.0 Å². The van der Waals surface area contributed by atoms with Crippen molar-refractivity contribution in [2.45, 2.75) is 26.9 Å². The SMILES string of the molecule is CCOC(=O)C(C)=NN(C)C(=O)Cc1c(-c2ccc(OC(F)F)cc2)sc2ccc(F)cc12. The number of carbonyl (C=O) groups excluding carboxylic acids is 2. The Morgan fingerprint density at radius 2 is 1.85 bits per heavy atom. The number of fused-ring (bicyclic) bond motifs is 1. The maximum absolute atomic E-state index is 14.0. The lowest BCUT2D eigenvalue weighted by Gasteiger charge is -2.13. The van der Waals surface area contributed by atoms with Gasteiger partial charge in [-0.15, -0.1) is 11.3 Å². The molecule has 1 heterocycles. The summed E-state index contributed by atoms with van der Waals surface area (Å²) in [5.41, 5.74) is 1.25. The average Bonchev–Trinajstić information content (AvgIpc) is 3.11. The third-order valence-corrected chi connectivity index (χ3v) is 5.92. The van der Waals surface area contributed by atoms with Crippen LogP contribution in [0.5, 0.6) is 5.75 Å². The van der Waals surface area contributed by atoms with Crippen LogP contribution in [0, 0.1) is 5.82 Å². The summed E-state index contributed by atoms with van der Waals surface area (Å²) in [4.78, 5) is 25.4. The molecule has 0 spiro atoms. The fourth-order valence-electron chi connectivity index (χ4n) is 3.14. The standard InChI is InChI=1S/C23H21F3N2O4S/c1-4-31-22(30)13(2)27-28(3)20(29)12-18-17-11-15(24)7-10-19(17)33-21(18)14-5-8-16(9-6-14)32-23(25)26/h5-11,23H,4,12H2,1-3H3. The van der Waals surface area contributed by atoms with Crippen molar-refractivity contribution in [3.8, 4) is 16.2 Å². The van der Waals surface area contributed by atoms with E-state index < -0.39 is 24.3 Å². The quantitative estimate of drug-likeness (QED) is 0.252.